The highest BCUT2D eigenvalue weighted by molar-refractivity contribution is 6.21. The Morgan fingerprint density at radius 3 is 2.58 bits per heavy atom. The van der Waals surface area contributed by atoms with Crippen LogP contribution >= 0.6 is 11.8 Å². The topological polar surface area (TPSA) is 21.6 Å². The fourth-order valence-electron chi connectivity index (χ4n) is 0.874. The van der Waals surface area contributed by atoms with Gasteiger partial charge in [0.2, 0.25) is 5.90 Å². The van der Waals surface area contributed by atoms with E-state index in [1.165, 1.54) is 0 Å². The smallest absolute Gasteiger partial charge is 0.233 e. The second-order valence-electron chi connectivity index (χ2n) is 2.19. The lowest BCUT2D eigenvalue weighted by Gasteiger charge is -2.03. The van der Waals surface area contributed by atoms with Crippen molar-refractivity contribution in [2.75, 3.05) is 6.61 Å². The standard InChI is InChI=1S/C9H10ClNO/c1-2-12-9(11-10)8-6-4-3-5-7-8/h3-7H,2H2,1H3/b11-9-. The first kappa shape index (κ1) is 9.07. The fourth-order valence-corrected chi connectivity index (χ4v) is 1.02. The van der Waals surface area contributed by atoms with Gasteiger partial charge in [-0.2, -0.15) is 0 Å². The Morgan fingerprint density at radius 1 is 1.42 bits per heavy atom. The molecule has 0 spiro atoms. The van der Waals surface area contributed by atoms with Crippen LogP contribution < -0.4 is 0 Å². The van der Waals surface area contributed by atoms with Crippen molar-refractivity contribution < 1.29 is 4.74 Å². The van der Waals surface area contributed by atoms with E-state index in [2.05, 4.69) is 4.51 Å². The summed E-state index contributed by atoms with van der Waals surface area (Å²) >= 11 is 5.34. The minimum atomic E-state index is 0.472. The maximum Gasteiger partial charge on any atom is 0.233 e. The molecule has 3 heteroatoms. The van der Waals surface area contributed by atoms with Gasteiger partial charge in [-0.3, -0.25) is 0 Å². The zero-order valence-corrected chi connectivity index (χ0v) is 7.58. The van der Waals surface area contributed by atoms with E-state index in [4.69, 9.17) is 16.5 Å². The van der Waals surface area contributed by atoms with Crippen LogP contribution in [0.3, 0.4) is 0 Å². The summed E-state index contributed by atoms with van der Waals surface area (Å²) in [6.45, 7) is 2.46. The van der Waals surface area contributed by atoms with Crippen LogP contribution in [0.2, 0.25) is 0 Å². The number of hydrogen-bond acceptors (Lipinski definition) is 2. The maximum atomic E-state index is 5.34. The van der Waals surface area contributed by atoms with E-state index in [0.717, 1.165) is 5.56 Å². The molecule has 0 fully saturated rings. The second kappa shape index (κ2) is 4.78. The van der Waals surface area contributed by atoms with Crippen LogP contribution in [-0.2, 0) is 4.74 Å². The van der Waals surface area contributed by atoms with Gasteiger partial charge >= 0.3 is 0 Å². The fraction of sp³-hybridized carbons (Fsp3) is 0.222. The van der Waals surface area contributed by atoms with Crippen LogP contribution in [0.4, 0.5) is 0 Å². The van der Waals surface area contributed by atoms with Gasteiger partial charge in [-0.1, -0.05) is 18.2 Å². The zero-order valence-electron chi connectivity index (χ0n) is 6.83. The number of nitrogens with zero attached hydrogens (tertiary/aromatic N) is 1. The third-order valence-electron chi connectivity index (χ3n) is 1.38. The van der Waals surface area contributed by atoms with Crippen molar-refractivity contribution >= 4 is 17.7 Å². The van der Waals surface area contributed by atoms with E-state index < -0.39 is 0 Å². The molecule has 12 heavy (non-hydrogen) atoms. The van der Waals surface area contributed by atoms with Crippen LogP contribution in [0.5, 0.6) is 0 Å². The molecule has 1 aromatic rings. The highest BCUT2D eigenvalue weighted by Crippen LogP contribution is 2.03. The number of hydrogen-bond donors (Lipinski definition) is 0. The Labute approximate surface area is 77.0 Å². The van der Waals surface area contributed by atoms with Gasteiger partial charge in [0, 0.05) is 17.3 Å². The first-order valence-electron chi connectivity index (χ1n) is 3.75. The highest BCUT2D eigenvalue weighted by Gasteiger charge is 2.01. The largest absolute Gasteiger partial charge is 0.477 e. The monoisotopic (exact) mass is 183 g/mol. The Hall–Kier alpha value is -1.02. The molecule has 0 aliphatic heterocycles. The molecular weight excluding hydrogens is 174 g/mol. The zero-order chi connectivity index (χ0) is 8.81. The molecule has 0 radical (unpaired) electrons. The van der Waals surface area contributed by atoms with Crippen LogP contribution in [0.15, 0.2) is 34.8 Å². The predicted octanol–water partition coefficient (Wildman–Crippen LogP) is 2.62. The lowest BCUT2D eigenvalue weighted by atomic mass is 10.2. The molecule has 0 bridgehead atoms. The third kappa shape index (κ3) is 2.24. The molecular formula is C9H10ClNO. The summed E-state index contributed by atoms with van der Waals surface area (Å²) in [5.74, 6) is 0.472. The van der Waals surface area contributed by atoms with Crippen molar-refractivity contribution in [3.63, 3.8) is 0 Å². The predicted molar refractivity (Wildman–Crippen MR) is 50.5 cm³/mol. The summed E-state index contributed by atoms with van der Waals surface area (Å²) in [4.78, 5) is 0. The van der Waals surface area contributed by atoms with Crippen molar-refractivity contribution in [1.82, 2.24) is 0 Å². The maximum absolute atomic E-state index is 5.34. The minimum absolute atomic E-state index is 0.472. The van der Waals surface area contributed by atoms with E-state index in [1.807, 2.05) is 37.3 Å². The molecule has 1 aromatic carbocycles. The molecule has 0 aromatic heterocycles. The molecule has 0 aliphatic carbocycles. The molecule has 0 amide bonds. The van der Waals surface area contributed by atoms with Crippen LogP contribution in [0.1, 0.15) is 12.5 Å². The van der Waals surface area contributed by atoms with Crippen molar-refractivity contribution in [3.8, 4) is 0 Å². The van der Waals surface area contributed by atoms with Crippen molar-refractivity contribution in [2.45, 2.75) is 6.92 Å². The Kier molecular flexibility index (Phi) is 3.61. The summed E-state index contributed by atoms with van der Waals surface area (Å²) < 4.78 is 8.71. The van der Waals surface area contributed by atoms with E-state index >= 15 is 0 Å². The minimum Gasteiger partial charge on any atom is -0.477 e. The molecule has 1 rings (SSSR count). The molecule has 0 saturated carbocycles. The molecule has 64 valence electrons. The van der Waals surface area contributed by atoms with Gasteiger partial charge in [0.15, 0.2) is 0 Å². The van der Waals surface area contributed by atoms with Crippen LogP contribution in [-0.4, -0.2) is 12.5 Å². The van der Waals surface area contributed by atoms with Gasteiger partial charge in [0.1, 0.15) is 0 Å². The number of ether oxygens (including phenoxy) is 1. The van der Waals surface area contributed by atoms with E-state index in [1.54, 1.807) is 0 Å². The SMILES string of the molecule is CCO/C(=N\Cl)c1ccccc1. The summed E-state index contributed by atoms with van der Waals surface area (Å²) in [6.07, 6.45) is 0. The Balaban J connectivity index is 2.82. The highest BCUT2D eigenvalue weighted by atomic mass is 35.5. The number of benzene rings is 1. The first-order chi connectivity index (χ1) is 5.88. The second-order valence-corrected chi connectivity index (χ2v) is 2.36. The molecule has 0 saturated heterocycles. The van der Waals surface area contributed by atoms with Crippen molar-refractivity contribution in [3.05, 3.63) is 35.9 Å². The lowest BCUT2D eigenvalue weighted by molar-refractivity contribution is 0.329. The molecule has 0 N–H and O–H groups in total. The third-order valence-corrected chi connectivity index (χ3v) is 1.53. The van der Waals surface area contributed by atoms with Crippen molar-refractivity contribution in [1.29, 1.82) is 0 Å². The quantitative estimate of drug-likeness (QED) is 0.510. The average molecular weight is 184 g/mol. The van der Waals surface area contributed by atoms with Gasteiger partial charge in [-0.15, -0.1) is 4.51 Å². The number of halogens is 1. The summed E-state index contributed by atoms with van der Waals surface area (Å²) in [6, 6.07) is 9.56. The van der Waals surface area contributed by atoms with Gasteiger partial charge in [0.25, 0.3) is 0 Å². The van der Waals surface area contributed by atoms with Crippen LogP contribution in [0.25, 0.3) is 0 Å². The van der Waals surface area contributed by atoms with E-state index in [-0.39, 0.29) is 0 Å². The first-order valence-corrected chi connectivity index (χ1v) is 4.09. The van der Waals surface area contributed by atoms with E-state index in [9.17, 15) is 0 Å². The van der Waals surface area contributed by atoms with E-state index in [0.29, 0.717) is 12.5 Å². The molecule has 0 heterocycles. The molecule has 0 unspecified atom stereocenters. The average Bonchev–Trinajstić information content (AvgIpc) is 2.15. The van der Waals surface area contributed by atoms with Gasteiger partial charge in [-0.25, -0.2) is 0 Å². The lowest BCUT2D eigenvalue weighted by Crippen LogP contribution is -2.04. The summed E-state index contributed by atoms with van der Waals surface area (Å²) in [5, 5.41) is 0. The van der Waals surface area contributed by atoms with Gasteiger partial charge in [-0.05, 0) is 19.1 Å². The van der Waals surface area contributed by atoms with Gasteiger partial charge < -0.3 is 4.74 Å². The van der Waals surface area contributed by atoms with Crippen molar-refractivity contribution in [2.24, 2.45) is 4.51 Å². The number of rotatable bonds is 2. The Bertz CT molecular complexity index is 258. The molecule has 0 atom stereocenters. The molecule has 0 aliphatic rings. The summed E-state index contributed by atoms with van der Waals surface area (Å²) in [5.41, 5.74) is 0.898. The van der Waals surface area contributed by atoms with Gasteiger partial charge in [0.05, 0.1) is 6.61 Å². The molecule has 2 nitrogen and oxygen atoms in total. The Morgan fingerprint density at radius 2 is 2.08 bits per heavy atom. The summed E-state index contributed by atoms with van der Waals surface area (Å²) in [7, 11) is 0. The normalized spacial score (nSPS) is 11.3. The van der Waals surface area contributed by atoms with Crippen LogP contribution in [0, 0.1) is 0 Å².